The van der Waals surface area contributed by atoms with Crippen LogP contribution in [0.4, 0.5) is 16.2 Å². The fourth-order valence-corrected chi connectivity index (χ4v) is 4.90. The number of carbonyl (C=O) groups is 2. The molecule has 6 heteroatoms. The number of thiophene rings is 1. The van der Waals surface area contributed by atoms with Crippen molar-refractivity contribution in [3.05, 3.63) is 70.6 Å². The maximum absolute atomic E-state index is 13.3. The third-order valence-electron chi connectivity index (χ3n) is 5.99. The van der Waals surface area contributed by atoms with Crippen LogP contribution >= 0.6 is 11.3 Å². The van der Waals surface area contributed by atoms with Crippen molar-refractivity contribution in [2.75, 3.05) is 5.32 Å². The van der Waals surface area contributed by atoms with Gasteiger partial charge < -0.3 is 4.74 Å². The molecule has 1 aliphatic carbocycles. The van der Waals surface area contributed by atoms with E-state index in [9.17, 15) is 9.59 Å². The maximum atomic E-state index is 13.3. The van der Waals surface area contributed by atoms with Crippen LogP contribution in [-0.4, -0.2) is 23.2 Å². The van der Waals surface area contributed by atoms with Crippen LogP contribution in [0.2, 0.25) is 0 Å². The number of amides is 1. The molecule has 2 aliphatic rings. The molecule has 3 aromatic rings. The number of Topliss-reactive ketones (excluding diaryl/α,β-unsaturated/α-hetero) is 1. The number of nitrogens with one attached hydrogen (secondary N) is 1. The van der Waals surface area contributed by atoms with Crippen LogP contribution in [0.3, 0.4) is 0 Å². The smallest absolute Gasteiger partial charge is 0.412 e. The third kappa shape index (κ3) is 5.12. The average Bonchev–Trinajstić information content (AvgIpc) is 3.30. The van der Waals surface area contributed by atoms with Crippen molar-refractivity contribution in [2.45, 2.75) is 52.1 Å². The van der Waals surface area contributed by atoms with Gasteiger partial charge in [0, 0.05) is 34.7 Å². The molecule has 0 saturated heterocycles. The molecule has 34 heavy (non-hydrogen) atoms. The Kier molecular flexibility index (Phi) is 5.86. The van der Waals surface area contributed by atoms with Gasteiger partial charge in [0.25, 0.3) is 0 Å². The van der Waals surface area contributed by atoms with Crippen molar-refractivity contribution >= 4 is 40.3 Å². The standard InChI is InChI=1S/C28H28N2O3S/c1-28(2,3)33-27(32)30-22-11-10-20(26-5-4-12-34-26)13-21(22)16-25(31)19-9-8-18-14-23(17-6-7-17)29-24(18)15-19/h4-5,8-13,15,17H,6-7,14,16H2,1-3H3,(H,30,32). The van der Waals surface area contributed by atoms with Gasteiger partial charge in [-0.15, -0.1) is 11.3 Å². The Labute approximate surface area is 203 Å². The minimum Gasteiger partial charge on any atom is -0.444 e. The van der Waals surface area contributed by atoms with Crippen LogP contribution in [0.15, 0.2) is 58.9 Å². The molecule has 5 rings (SSSR count). The van der Waals surface area contributed by atoms with Gasteiger partial charge in [-0.1, -0.05) is 24.3 Å². The van der Waals surface area contributed by atoms with E-state index < -0.39 is 11.7 Å². The molecule has 1 N–H and O–H groups in total. The molecule has 1 aliphatic heterocycles. The molecule has 1 amide bonds. The Morgan fingerprint density at radius 2 is 1.94 bits per heavy atom. The first-order valence-corrected chi connectivity index (χ1v) is 12.5. The first kappa shape index (κ1) is 22.5. The van der Waals surface area contributed by atoms with Crippen LogP contribution in [0.5, 0.6) is 0 Å². The normalized spacial score (nSPS) is 15.0. The number of fused-ring (bicyclic) bond motifs is 1. The largest absolute Gasteiger partial charge is 0.444 e. The first-order valence-electron chi connectivity index (χ1n) is 11.7. The first-order chi connectivity index (χ1) is 16.2. The van der Waals surface area contributed by atoms with Crippen LogP contribution in [0.1, 0.15) is 55.1 Å². The minimum atomic E-state index is -0.610. The lowest BCUT2D eigenvalue weighted by Gasteiger charge is -2.20. The van der Waals surface area contributed by atoms with Crippen molar-refractivity contribution in [3.63, 3.8) is 0 Å². The summed E-state index contributed by atoms with van der Waals surface area (Å²) in [5.41, 5.74) is 5.76. The summed E-state index contributed by atoms with van der Waals surface area (Å²) in [5, 5.41) is 4.85. The third-order valence-corrected chi connectivity index (χ3v) is 6.91. The lowest BCUT2D eigenvalue weighted by Crippen LogP contribution is -2.27. The van der Waals surface area contributed by atoms with E-state index in [1.165, 1.54) is 24.1 Å². The predicted octanol–water partition coefficient (Wildman–Crippen LogP) is 7.23. The van der Waals surface area contributed by atoms with E-state index in [1.54, 1.807) is 11.3 Å². The van der Waals surface area contributed by atoms with Crippen molar-refractivity contribution in [1.82, 2.24) is 0 Å². The number of benzene rings is 2. The highest BCUT2D eigenvalue weighted by molar-refractivity contribution is 7.13. The summed E-state index contributed by atoms with van der Waals surface area (Å²) in [6.07, 6.45) is 2.99. The van der Waals surface area contributed by atoms with Gasteiger partial charge in [0.05, 0.1) is 5.69 Å². The second-order valence-corrected chi connectivity index (χ2v) is 10.9. The fourth-order valence-electron chi connectivity index (χ4n) is 4.18. The quantitative estimate of drug-likeness (QED) is 0.385. The van der Waals surface area contributed by atoms with E-state index in [-0.39, 0.29) is 12.2 Å². The predicted molar refractivity (Wildman–Crippen MR) is 138 cm³/mol. The summed E-state index contributed by atoms with van der Waals surface area (Å²) in [6.45, 7) is 5.46. The van der Waals surface area contributed by atoms with Crippen LogP contribution in [0, 0.1) is 5.92 Å². The van der Waals surface area contributed by atoms with Crippen LogP contribution in [-0.2, 0) is 17.6 Å². The van der Waals surface area contributed by atoms with Gasteiger partial charge in [0.1, 0.15) is 5.60 Å². The molecule has 0 atom stereocenters. The van der Waals surface area contributed by atoms with E-state index in [0.717, 1.165) is 28.1 Å². The Morgan fingerprint density at radius 3 is 2.65 bits per heavy atom. The van der Waals surface area contributed by atoms with Crippen molar-refractivity contribution < 1.29 is 14.3 Å². The molecule has 2 heterocycles. The lowest BCUT2D eigenvalue weighted by atomic mass is 9.97. The Bertz CT molecular complexity index is 1280. The highest BCUT2D eigenvalue weighted by Crippen LogP contribution is 2.39. The molecule has 0 radical (unpaired) electrons. The Balaban J connectivity index is 1.41. The number of hydrogen-bond donors (Lipinski definition) is 1. The highest BCUT2D eigenvalue weighted by atomic mass is 32.1. The van der Waals surface area contributed by atoms with E-state index in [0.29, 0.717) is 17.2 Å². The highest BCUT2D eigenvalue weighted by Gasteiger charge is 2.31. The molecular formula is C28H28N2O3S. The number of ether oxygens (including phenoxy) is 1. The molecule has 1 aromatic heterocycles. The van der Waals surface area contributed by atoms with Gasteiger partial charge in [0.15, 0.2) is 5.78 Å². The summed E-state index contributed by atoms with van der Waals surface area (Å²) >= 11 is 1.64. The van der Waals surface area contributed by atoms with E-state index >= 15 is 0 Å². The van der Waals surface area contributed by atoms with Gasteiger partial charge in [-0.3, -0.25) is 15.1 Å². The van der Waals surface area contributed by atoms with Crippen LogP contribution < -0.4 is 5.32 Å². The number of hydrogen-bond acceptors (Lipinski definition) is 5. The van der Waals surface area contributed by atoms with Gasteiger partial charge in [-0.2, -0.15) is 0 Å². The molecule has 1 saturated carbocycles. The van der Waals surface area contributed by atoms with Gasteiger partial charge in [-0.25, -0.2) is 4.79 Å². The average molecular weight is 473 g/mol. The lowest BCUT2D eigenvalue weighted by molar-refractivity contribution is 0.0635. The monoisotopic (exact) mass is 472 g/mol. The summed E-state index contributed by atoms with van der Waals surface area (Å²) in [6, 6.07) is 15.7. The summed E-state index contributed by atoms with van der Waals surface area (Å²) in [4.78, 5) is 31.7. The van der Waals surface area contributed by atoms with Crippen molar-refractivity contribution in [1.29, 1.82) is 0 Å². The zero-order valence-corrected chi connectivity index (χ0v) is 20.5. The molecule has 0 bridgehead atoms. The van der Waals surface area contributed by atoms with Crippen molar-refractivity contribution in [2.24, 2.45) is 10.9 Å². The number of anilines is 1. The fraction of sp³-hybridized carbons (Fsp3) is 0.321. The number of nitrogens with zero attached hydrogens (tertiary/aromatic N) is 1. The molecule has 0 unspecified atom stereocenters. The second-order valence-electron chi connectivity index (χ2n) is 9.97. The Morgan fingerprint density at radius 1 is 1.12 bits per heavy atom. The SMILES string of the molecule is CC(C)(C)OC(=O)Nc1ccc(-c2cccs2)cc1CC(=O)c1ccc2c(c1)N=C(C1CC1)C2. The molecule has 174 valence electrons. The summed E-state index contributed by atoms with van der Waals surface area (Å²) < 4.78 is 5.43. The van der Waals surface area contributed by atoms with Gasteiger partial charge in [0.2, 0.25) is 0 Å². The van der Waals surface area contributed by atoms with Gasteiger partial charge >= 0.3 is 6.09 Å². The van der Waals surface area contributed by atoms with E-state index in [4.69, 9.17) is 9.73 Å². The van der Waals surface area contributed by atoms with Crippen LogP contribution in [0.25, 0.3) is 10.4 Å². The summed E-state index contributed by atoms with van der Waals surface area (Å²) in [5.74, 6) is 0.626. The number of carbonyl (C=O) groups excluding carboxylic acids is 2. The number of ketones is 1. The zero-order valence-electron chi connectivity index (χ0n) is 19.7. The van der Waals surface area contributed by atoms with Gasteiger partial charge in [-0.05, 0) is 85.9 Å². The van der Waals surface area contributed by atoms with E-state index in [2.05, 4.69) is 5.32 Å². The molecular weight excluding hydrogens is 444 g/mol. The molecule has 1 fully saturated rings. The topological polar surface area (TPSA) is 67.8 Å². The maximum Gasteiger partial charge on any atom is 0.412 e. The zero-order chi connectivity index (χ0) is 23.9. The van der Waals surface area contributed by atoms with E-state index in [1.807, 2.05) is 74.7 Å². The number of rotatable bonds is 6. The second kappa shape index (κ2) is 8.84. The molecule has 5 nitrogen and oxygen atoms in total. The van der Waals surface area contributed by atoms with Crippen molar-refractivity contribution in [3.8, 4) is 10.4 Å². The number of aliphatic imine (C=N–C) groups is 1. The molecule has 2 aromatic carbocycles. The molecule has 0 spiro atoms. The minimum absolute atomic E-state index is 0.00607. The Hall–Kier alpha value is -3.25. The summed E-state index contributed by atoms with van der Waals surface area (Å²) in [7, 11) is 0.